The van der Waals surface area contributed by atoms with Crippen LogP contribution in [-0.2, 0) is 9.53 Å². The van der Waals surface area contributed by atoms with Crippen molar-refractivity contribution in [3.05, 3.63) is 67.3 Å². The third-order valence-electron chi connectivity index (χ3n) is 3.80. The number of hydrogen-bond donors (Lipinski definition) is 0. The average molecular weight is 407 g/mol. The highest BCUT2D eigenvalue weighted by atomic mass is 35.5. The number of esters is 1. The van der Waals surface area contributed by atoms with Crippen LogP contribution in [0.2, 0.25) is 10.0 Å². The van der Waals surface area contributed by atoms with Crippen LogP contribution >= 0.6 is 23.2 Å². The average Bonchev–Trinajstić information content (AvgIpc) is 3.22. The van der Waals surface area contributed by atoms with Crippen molar-refractivity contribution in [3.8, 4) is 11.5 Å². The van der Waals surface area contributed by atoms with Crippen molar-refractivity contribution in [2.24, 2.45) is 4.99 Å². The topological polar surface area (TPSA) is 100 Å². The first-order chi connectivity index (χ1) is 12.9. The molecule has 0 spiro atoms. The highest BCUT2D eigenvalue weighted by Gasteiger charge is 2.27. The van der Waals surface area contributed by atoms with Crippen LogP contribution in [0, 0.1) is 10.1 Å². The van der Waals surface area contributed by atoms with E-state index in [2.05, 4.69) is 4.99 Å². The summed E-state index contributed by atoms with van der Waals surface area (Å²) in [5, 5.41) is 11.4. The second kappa shape index (κ2) is 6.57. The van der Waals surface area contributed by atoms with Gasteiger partial charge in [-0.2, -0.15) is 0 Å². The summed E-state index contributed by atoms with van der Waals surface area (Å²) in [4.78, 5) is 26.6. The Labute approximate surface area is 161 Å². The number of benzene rings is 2. The van der Waals surface area contributed by atoms with Crippen LogP contribution in [0.1, 0.15) is 11.1 Å². The Morgan fingerprint density at radius 2 is 1.85 bits per heavy atom. The molecule has 10 heteroatoms. The van der Waals surface area contributed by atoms with Crippen LogP contribution in [0.15, 0.2) is 41.0 Å². The Balaban J connectivity index is 1.73. The molecule has 2 heterocycles. The van der Waals surface area contributed by atoms with Crippen molar-refractivity contribution < 1.29 is 23.9 Å². The zero-order chi connectivity index (χ0) is 19.1. The number of rotatable bonds is 3. The molecule has 27 heavy (non-hydrogen) atoms. The molecule has 0 bridgehead atoms. The molecule has 4 rings (SSSR count). The van der Waals surface area contributed by atoms with Gasteiger partial charge in [-0.25, -0.2) is 9.79 Å². The van der Waals surface area contributed by atoms with Gasteiger partial charge in [0.25, 0.3) is 5.69 Å². The molecule has 0 aromatic heterocycles. The van der Waals surface area contributed by atoms with Gasteiger partial charge in [-0.15, -0.1) is 0 Å². The van der Waals surface area contributed by atoms with Gasteiger partial charge < -0.3 is 14.2 Å². The van der Waals surface area contributed by atoms with Crippen molar-refractivity contribution in [1.82, 2.24) is 0 Å². The van der Waals surface area contributed by atoms with Crippen LogP contribution in [0.5, 0.6) is 11.5 Å². The highest BCUT2D eigenvalue weighted by molar-refractivity contribution is 6.35. The third-order valence-corrected chi connectivity index (χ3v) is 4.45. The number of aliphatic imine (C=N–C) groups is 1. The largest absolute Gasteiger partial charge is 0.454 e. The number of halogens is 2. The van der Waals surface area contributed by atoms with Crippen LogP contribution < -0.4 is 9.47 Å². The summed E-state index contributed by atoms with van der Waals surface area (Å²) in [5.41, 5.74) is 0.375. The second-order valence-electron chi connectivity index (χ2n) is 5.48. The maximum absolute atomic E-state index is 12.2. The number of hydrogen-bond acceptors (Lipinski definition) is 7. The summed E-state index contributed by atoms with van der Waals surface area (Å²) in [6.07, 6.45) is 1.42. The summed E-state index contributed by atoms with van der Waals surface area (Å²) in [7, 11) is 0. The fourth-order valence-electron chi connectivity index (χ4n) is 2.51. The lowest BCUT2D eigenvalue weighted by atomic mass is 10.1. The third kappa shape index (κ3) is 3.20. The quantitative estimate of drug-likeness (QED) is 0.330. The van der Waals surface area contributed by atoms with Gasteiger partial charge in [0.05, 0.1) is 20.5 Å². The fourth-order valence-corrected chi connectivity index (χ4v) is 2.91. The van der Waals surface area contributed by atoms with Gasteiger partial charge >= 0.3 is 5.97 Å². The van der Waals surface area contributed by atoms with Gasteiger partial charge in [0.15, 0.2) is 17.2 Å². The Bertz CT molecular complexity index is 1060. The first-order valence-corrected chi connectivity index (χ1v) is 8.24. The van der Waals surface area contributed by atoms with Crippen LogP contribution in [-0.4, -0.2) is 23.6 Å². The summed E-state index contributed by atoms with van der Waals surface area (Å²) < 4.78 is 15.6. The molecule has 0 radical (unpaired) electrons. The molecule has 0 amide bonds. The van der Waals surface area contributed by atoms with E-state index in [1.807, 2.05) is 0 Å². The standard InChI is InChI=1S/C17H8Cl2N2O6/c18-11-2-1-9(21(23)24)5-10(11)16-20-13(17(22)27-16)3-8-4-14-15(6-12(8)19)26-7-25-14/h1-6H,7H2. The molecule has 0 fully saturated rings. The van der Waals surface area contributed by atoms with Crippen LogP contribution in [0.4, 0.5) is 5.69 Å². The number of carbonyl (C=O) groups excluding carboxylic acids is 1. The second-order valence-corrected chi connectivity index (χ2v) is 6.30. The summed E-state index contributed by atoms with van der Waals surface area (Å²) in [6, 6.07) is 6.94. The lowest BCUT2D eigenvalue weighted by Crippen LogP contribution is -2.06. The van der Waals surface area contributed by atoms with Gasteiger partial charge in [-0.05, 0) is 23.8 Å². The Hall–Kier alpha value is -3.10. The molecule has 136 valence electrons. The first-order valence-electron chi connectivity index (χ1n) is 7.48. The number of ether oxygens (including phenoxy) is 3. The number of nitro groups is 1. The van der Waals surface area contributed by atoms with E-state index in [1.54, 1.807) is 12.1 Å². The van der Waals surface area contributed by atoms with Gasteiger partial charge in [0.2, 0.25) is 12.7 Å². The number of cyclic esters (lactones) is 1. The number of non-ortho nitro benzene ring substituents is 1. The zero-order valence-corrected chi connectivity index (χ0v) is 14.8. The minimum atomic E-state index is -0.735. The number of nitro benzene ring substituents is 1. The van der Waals surface area contributed by atoms with Gasteiger partial charge in [-0.1, -0.05) is 23.2 Å². The van der Waals surface area contributed by atoms with E-state index in [4.69, 9.17) is 37.4 Å². The van der Waals surface area contributed by atoms with Gasteiger partial charge in [-0.3, -0.25) is 10.1 Å². The van der Waals surface area contributed by atoms with Crippen LogP contribution in [0.3, 0.4) is 0 Å². The molecule has 0 saturated carbocycles. The summed E-state index contributed by atoms with van der Waals surface area (Å²) in [6.45, 7) is 0.0846. The molecule has 2 aliphatic rings. The minimum absolute atomic E-state index is 0.0339. The molecule has 2 aromatic carbocycles. The predicted octanol–water partition coefficient (Wildman–Crippen LogP) is 3.97. The highest BCUT2D eigenvalue weighted by Crippen LogP contribution is 2.38. The zero-order valence-electron chi connectivity index (χ0n) is 13.3. The van der Waals surface area contributed by atoms with Crippen molar-refractivity contribution in [3.63, 3.8) is 0 Å². The van der Waals surface area contributed by atoms with E-state index in [-0.39, 0.29) is 34.7 Å². The van der Waals surface area contributed by atoms with E-state index in [1.165, 1.54) is 24.3 Å². The van der Waals surface area contributed by atoms with E-state index in [0.29, 0.717) is 22.1 Å². The fraction of sp³-hybridized carbons (Fsp3) is 0.0588. The number of nitrogens with zero attached hydrogens (tertiary/aromatic N) is 2. The Morgan fingerprint density at radius 1 is 1.11 bits per heavy atom. The molecule has 0 atom stereocenters. The van der Waals surface area contributed by atoms with Crippen molar-refractivity contribution in [2.45, 2.75) is 0 Å². The molecule has 0 N–H and O–H groups in total. The molecule has 0 saturated heterocycles. The van der Waals surface area contributed by atoms with E-state index in [9.17, 15) is 14.9 Å². The molecular formula is C17H8Cl2N2O6. The summed E-state index contributed by atoms with van der Waals surface area (Å²) in [5.74, 6) is 0.130. The van der Waals surface area contributed by atoms with Gasteiger partial charge in [0.1, 0.15) is 0 Å². The van der Waals surface area contributed by atoms with E-state index >= 15 is 0 Å². The molecule has 2 aromatic rings. The van der Waals surface area contributed by atoms with E-state index in [0.717, 1.165) is 0 Å². The molecule has 0 unspecified atom stereocenters. The first kappa shape index (κ1) is 17.3. The van der Waals surface area contributed by atoms with E-state index < -0.39 is 10.9 Å². The maximum Gasteiger partial charge on any atom is 0.363 e. The summed E-state index contributed by atoms with van der Waals surface area (Å²) >= 11 is 12.3. The van der Waals surface area contributed by atoms with Crippen molar-refractivity contribution in [2.75, 3.05) is 6.79 Å². The minimum Gasteiger partial charge on any atom is -0.454 e. The molecular weight excluding hydrogens is 399 g/mol. The lowest BCUT2D eigenvalue weighted by molar-refractivity contribution is -0.384. The van der Waals surface area contributed by atoms with Crippen LogP contribution in [0.25, 0.3) is 6.08 Å². The van der Waals surface area contributed by atoms with Crippen molar-refractivity contribution in [1.29, 1.82) is 0 Å². The lowest BCUT2D eigenvalue weighted by Gasteiger charge is -2.02. The molecule has 2 aliphatic heterocycles. The SMILES string of the molecule is O=C1OC(c2cc([N+](=O)[O-])ccc2Cl)=NC1=Cc1cc2c(cc1Cl)OCO2. The smallest absolute Gasteiger partial charge is 0.363 e. The number of carbonyl (C=O) groups is 1. The number of fused-ring (bicyclic) bond motifs is 1. The molecule has 0 aliphatic carbocycles. The Morgan fingerprint density at radius 3 is 2.59 bits per heavy atom. The maximum atomic E-state index is 12.2. The normalized spacial score (nSPS) is 16.4. The monoisotopic (exact) mass is 406 g/mol. The predicted molar refractivity (Wildman–Crippen MR) is 96.3 cm³/mol. The Kier molecular flexibility index (Phi) is 4.21. The molecule has 8 nitrogen and oxygen atoms in total. The van der Waals surface area contributed by atoms with Crippen molar-refractivity contribution >= 4 is 46.8 Å². The van der Waals surface area contributed by atoms with Gasteiger partial charge in [0, 0.05) is 18.2 Å².